The first-order valence-corrected chi connectivity index (χ1v) is 18.2. The second-order valence-corrected chi connectivity index (χ2v) is 16.4. The minimum atomic E-state index is -3.59. The summed E-state index contributed by atoms with van der Waals surface area (Å²) in [5.74, 6) is -5.10. The fourth-order valence-corrected chi connectivity index (χ4v) is 6.50. The molecular weight excluding hydrogens is 650 g/mol. The molecule has 0 aliphatic heterocycles. The Morgan fingerprint density at radius 3 is 2.06 bits per heavy atom. The van der Waals surface area contributed by atoms with Crippen LogP contribution in [0, 0.1) is 17.5 Å². The third kappa shape index (κ3) is 6.52. The molecule has 1 atom stereocenters. The topological polar surface area (TPSA) is 101 Å². The number of anilines is 1. The average Bonchev–Trinajstić information content (AvgIpc) is 2.99. The lowest BCUT2D eigenvalue weighted by atomic mass is 9.92. The molecule has 1 amide bonds. The van der Waals surface area contributed by atoms with Crippen LogP contribution in [0.15, 0.2) is 96.0 Å². The van der Waals surface area contributed by atoms with Gasteiger partial charge in [0.2, 0.25) is 0 Å². The van der Waals surface area contributed by atoms with Gasteiger partial charge >= 0.3 is 0 Å². The van der Waals surface area contributed by atoms with E-state index in [1.54, 1.807) is 69.4 Å². The number of nitrogens with zero attached hydrogens (tertiary/aromatic N) is 2. The molecule has 1 aromatic heterocycles. The van der Waals surface area contributed by atoms with Crippen LogP contribution in [-0.2, 0) is 24.4 Å². The van der Waals surface area contributed by atoms with E-state index >= 15 is 0 Å². The second kappa shape index (κ2) is 12.2. The number of rotatable bonds is 8. The zero-order valence-corrected chi connectivity index (χ0v) is 27.8. The molecule has 1 heterocycles. The van der Waals surface area contributed by atoms with E-state index in [9.17, 15) is 34.8 Å². The number of pyridine rings is 1. The molecule has 0 saturated carbocycles. The van der Waals surface area contributed by atoms with Gasteiger partial charge in [-0.1, -0.05) is 24.3 Å². The van der Waals surface area contributed by atoms with E-state index in [4.69, 9.17) is 0 Å². The van der Waals surface area contributed by atoms with Crippen molar-refractivity contribution >= 4 is 42.2 Å². The number of halogens is 3. The number of sulfone groups is 2. The van der Waals surface area contributed by atoms with E-state index < -0.39 is 59.4 Å². The van der Waals surface area contributed by atoms with Gasteiger partial charge in [0, 0.05) is 47.5 Å². The van der Waals surface area contributed by atoms with Crippen LogP contribution in [0.1, 0.15) is 48.3 Å². The Labute approximate surface area is 271 Å². The summed E-state index contributed by atoms with van der Waals surface area (Å²) in [5, 5.41) is 0.709. The van der Waals surface area contributed by atoms with Crippen LogP contribution < -0.4 is 4.90 Å². The maximum absolute atomic E-state index is 14.9. The van der Waals surface area contributed by atoms with Crippen molar-refractivity contribution < 1.29 is 34.8 Å². The largest absolute Gasteiger partial charge is 0.301 e. The highest BCUT2D eigenvalue weighted by Crippen LogP contribution is 2.38. The van der Waals surface area contributed by atoms with Gasteiger partial charge in [0.1, 0.15) is 23.0 Å². The number of hydrogen-bond acceptors (Lipinski definition) is 6. The monoisotopic (exact) mass is 680 g/mol. The molecule has 12 heteroatoms. The summed E-state index contributed by atoms with van der Waals surface area (Å²) >= 11 is 0. The average molecular weight is 681 g/mol. The van der Waals surface area contributed by atoms with Crippen LogP contribution in [0.3, 0.4) is 0 Å². The Morgan fingerprint density at radius 1 is 0.830 bits per heavy atom. The van der Waals surface area contributed by atoms with Gasteiger partial charge in [-0.15, -0.1) is 0 Å². The number of aromatic nitrogens is 1. The fraction of sp³-hybridized carbons (Fsp3) is 0.200. The molecule has 7 nitrogen and oxygen atoms in total. The number of amides is 1. The van der Waals surface area contributed by atoms with Crippen molar-refractivity contribution in [3.8, 4) is 11.1 Å². The highest BCUT2D eigenvalue weighted by atomic mass is 32.2. The summed E-state index contributed by atoms with van der Waals surface area (Å²) in [7, 11) is -7.13. The molecule has 0 fully saturated rings. The van der Waals surface area contributed by atoms with Gasteiger partial charge in [0.15, 0.2) is 19.7 Å². The van der Waals surface area contributed by atoms with Crippen molar-refractivity contribution in [1.29, 1.82) is 0 Å². The molecule has 47 heavy (non-hydrogen) atoms. The quantitative estimate of drug-likeness (QED) is 0.169. The summed E-state index contributed by atoms with van der Waals surface area (Å²) in [4.78, 5) is 19.5. The molecule has 244 valence electrons. The maximum atomic E-state index is 14.9. The Hall–Kier alpha value is -4.55. The standard InChI is InChI=1S/C35H31F3N2O5S2/c1-21(40(27-11-13-28(14-12-27)46(4,42)43)34(41)32-30(37)19-26(36)20-31(32)38)22-8-6-9-23(16-22)29-18-25(35(2,3)47(5,44)45)17-24-10-7-15-39-33(24)29/h6-21H,1-5H3. The molecule has 0 saturated heterocycles. The first-order chi connectivity index (χ1) is 21.9. The predicted octanol–water partition coefficient (Wildman–Crippen LogP) is 7.41. The molecule has 0 aliphatic carbocycles. The van der Waals surface area contributed by atoms with E-state index in [-0.39, 0.29) is 10.6 Å². The second-order valence-electron chi connectivity index (χ2n) is 11.9. The molecule has 5 rings (SSSR count). The minimum absolute atomic E-state index is 0.0290. The lowest BCUT2D eigenvalue weighted by Gasteiger charge is -2.30. The van der Waals surface area contributed by atoms with Crippen LogP contribution >= 0.6 is 0 Å². The Balaban J connectivity index is 1.68. The van der Waals surface area contributed by atoms with Gasteiger partial charge in [-0.05, 0) is 86.0 Å². The van der Waals surface area contributed by atoms with Gasteiger partial charge in [-0.3, -0.25) is 9.78 Å². The summed E-state index contributed by atoms with van der Waals surface area (Å²) in [6.07, 6.45) is 3.81. The molecule has 0 bridgehead atoms. The molecule has 4 aromatic carbocycles. The van der Waals surface area contributed by atoms with Gasteiger partial charge < -0.3 is 4.90 Å². The first kappa shape index (κ1) is 33.8. The van der Waals surface area contributed by atoms with Gasteiger partial charge in [0.25, 0.3) is 5.91 Å². The molecule has 1 unspecified atom stereocenters. The van der Waals surface area contributed by atoms with Crippen LogP contribution in [0.25, 0.3) is 22.0 Å². The smallest absolute Gasteiger partial charge is 0.264 e. The summed E-state index contributed by atoms with van der Waals surface area (Å²) in [6.45, 7) is 4.86. The van der Waals surface area contributed by atoms with Gasteiger partial charge in [0.05, 0.1) is 21.2 Å². The number of hydrogen-bond donors (Lipinski definition) is 0. The normalized spacial score (nSPS) is 13.0. The van der Waals surface area contributed by atoms with Crippen molar-refractivity contribution in [2.75, 3.05) is 17.4 Å². The third-order valence-corrected chi connectivity index (χ3v) is 11.6. The van der Waals surface area contributed by atoms with Crippen molar-refractivity contribution in [2.24, 2.45) is 0 Å². The first-order valence-electron chi connectivity index (χ1n) is 14.4. The van der Waals surface area contributed by atoms with Gasteiger partial charge in [-0.2, -0.15) is 0 Å². The minimum Gasteiger partial charge on any atom is -0.301 e. The maximum Gasteiger partial charge on any atom is 0.264 e. The van der Waals surface area contributed by atoms with E-state index in [2.05, 4.69) is 4.98 Å². The molecule has 0 radical (unpaired) electrons. The zero-order chi connectivity index (χ0) is 34.5. The zero-order valence-electron chi connectivity index (χ0n) is 26.1. The molecule has 0 aliphatic rings. The van der Waals surface area contributed by atoms with E-state index in [0.717, 1.165) is 11.2 Å². The third-order valence-electron chi connectivity index (χ3n) is 8.38. The van der Waals surface area contributed by atoms with Crippen LogP contribution in [-0.4, -0.2) is 40.2 Å². The SMILES string of the molecule is CC(c1cccc(-c2cc(C(C)(C)S(C)(=O)=O)cc3cccnc23)c1)N(C(=O)c1c(F)cc(F)cc1F)c1ccc(S(C)(=O)=O)cc1. The van der Waals surface area contributed by atoms with Crippen molar-refractivity contribution in [2.45, 2.75) is 36.5 Å². The van der Waals surface area contributed by atoms with E-state index in [1.165, 1.54) is 30.5 Å². The number of fused-ring (bicyclic) bond motifs is 1. The lowest BCUT2D eigenvalue weighted by molar-refractivity contribution is 0.0969. The van der Waals surface area contributed by atoms with Crippen LogP contribution in [0.5, 0.6) is 0 Å². The Bertz CT molecular complexity index is 2230. The Morgan fingerprint density at radius 2 is 1.47 bits per heavy atom. The van der Waals surface area contributed by atoms with E-state index in [0.29, 0.717) is 45.3 Å². The molecular formula is C35H31F3N2O5S2. The van der Waals surface area contributed by atoms with Crippen molar-refractivity contribution in [3.05, 3.63) is 125 Å². The number of carbonyl (C=O) groups excluding carboxylic acids is 1. The van der Waals surface area contributed by atoms with Crippen LogP contribution in [0.2, 0.25) is 0 Å². The van der Waals surface area contributed by atoms with Gasteiger partial charge in [-0.25, -0.2) is 30.0 Å². The molecule has 0 spiro atoms. The summed E-state index contributed by atoms with van der Waals surface area (Å²) < 4.78 is 92.1. The lowest BCUT2D eigenvalue weighted by Crippen LogP contribution is -2.35. The van der Waals surface area contributed by atoms with Crippen molar-refractivity contribution in [3.63, 3.8) is 0 Å². The highest BCUT2D eigenvalue weighted by molar-refractivity contribution is 7.91. The number of benzene rings is 4. The highest BCUT2D eigenvalue weighted by Gasteiger charge is 2.34. The molecule has 0 N–H and O–H groups in total. The summed E-state index contributed by atoms with van der Waals surface area (Å²) in [6, 6.07) is 19.3. The van der Waals surface area contributed by atoms with Crippen LogP contribution in [0.4, 0.5) is 18.9 Å². The number of carbonyl (C=O) groups is 1. The Kier molecular flexibility index (Phi) is 8.80. The molecule has 5 aromatic rings. The fourth-order valence-electron chi connectivity index (χ4n) is 5.33. The summed E-state index contributed by atoms with van der Waals surface area (Å²) in [5.41, 5.74) is 2.06. The van der Waals surface area contributed by atoms with E-state index in [1.807, 2.05) is 6.07 Å². The van der Waals surface area contributed by atoms with Crippen molar-refractivity contribution in [1.82, 2.24) is 4.98 Å². The predicted molar refractivity (Wildman–Crippen MR) is 176 cm³/mol.